The molecule has 0 bridgehead atoms. The highest BCUT2D eigenvalue weighted by molar-refractivity contribution is 7.86. The van der Waals surface area contributed by atoms with Gasteiger partial charge in [0.2, 0.25) is 0 Å². The van der Waals surface area contributed by atoms with Crippen LogP contribution in [-0.4, -0.2) is 43.3 Å². The van der Waals surface area contributed by atoms with E-state index in [2.05, 4.69) is 10.6 Å². The summed E-state index contributed by atoms with van der Waals surface area (Å²) >= 11 is 0. The van der Waals surface area contributed by atoms with E-state index in [1.165, 1.54) is 0 Å². The molecule has 2 heterocycles. The molecule has 15 heavy (non-hydrogen) atoms. The molecular weight excluding hydrogens is 224 g/mol. The normalized spacial score (nSPS) is 32.1. The van der Waals surface area contributed by atoms with E-state index in [0.717, 1.165) is 4.31 Å². The van der Waals surface area contributed by atoms with Crippen LogP contribution in [0.5, 0.6) is 0 Å². The zero-order valence-electron chi connectivity index (χ0n) is 7.69. The first kappa shape index (κ1) is 10.3. The minimum absolute atomic E-state index is 0.108. The second-order valence-corrected chi connectivity index (χ2v) is 5.17. The number of urea groups is 1. The number of nitrogens with zero attached hydrogens (tertiary/aromatic N) is 1. The topological polar surface area (TPSA) is 122 Å². The van der Waals surface area contributed by atoms with Crippen LogP contribution in [0.15, 0.2) is 0 Å². The number of hydrogen-bond acceptors (Lipinski definition) is 4. The van der Waals surface area contributed by atoms with Gasteiger partial charge in [-0.1, -0.05) is 0 Å². The van der Waals surface area contributed by atoms with E-state index in [0.29, 0.717) is 0 Å². The monoisotopic (exact) mass is 234 g/mol. The molecule has 2 saturated heterocycles. The molecule has 2 rings (SSSR count). The average Bonchev–Trinajstić information content (AvgIpc) is 2.58. The minimum Gasteiger partial charge on any atom is -0.322 e. The van der Waals surface area contributed by atoms with Gasteiger partial charge < -0.3 is 5.32 Å². The molecule has 2 aliphatic rings. The summed E-state index contributed by atoms with van der Waals surface area (Å²) in [5.41, 5.74) is -1.14. The molecule has 84 valence electrons. The van der Waals surface area contributed by atoms with Crippen LogP contribution < -0.4 is 15.8 Å². The Labute approximate surface area is 86.0 Å². The van der Waals surface area contributed by atoms with E-state index in [-0.39, 0.29) is 19.5 Å². The maximum absolute atomic E-state index is 11.4. The fourth-order valence-electron chi connectivity index (χ4n) is 1.81. The molecular formula is C6H10N4O4S. The lowest BCUT2D eigenvalue weighted by molar-refractivity contribution is -0.123. The van der Waals surface area contributed by atoms with E-state index in [1.807, 2.05) is 0 Å². The largest absolute Gasteiger partial charge is 0.322 e. The maximum Gasteiger partial charge on any atom is 0.322 e. The van der Waals surface area contributed by atoms with Gasteiger partial charge in [0.15, 0.2) is 0 Å². The summed E-state index contributed by atoms with van der Waals surface area (Å²) in [5, 5.41) is 9.42. The summed E-state index contributed by atoms with van der Waals surface area (Å²) in [6.45, 7) is 0.0237. The quantitative estimate of drug-likeness (QED) is 0.433. The van der Waals surface area contributed by atoms with Gasteiger partial charge in [-0.3, -0.25) is 10.1 Å². The van der Waals surface area contributed by atoms with Crippen molar-refractivity contribution in [2.45, 2.75) is 12.0 Å². The molecule has 0 saturated carbocycles. The highest BCUT2D eigenvalue weighted by atomic mass is 32.2. The van der Waals surface area contributed by atoms with E-state index in [4.69, 9.17) is 5.14 Å². The molecule has 1 unspecified atom stereocenters. The zero-order valence-corrected chi connectivity index (χ0v) is 8.50. The molecule has 8 nitrogen and oxygen atoms in total. The summed E-state index contributed by atoms with van der Waals surface area (Å²) in [5.74, 6) is -0.501. The van der Waals surface area contributed by atoms with Crippen LogP contribution in [0.3, 0.4) is 0 Å². The number of nitrogens with two attached hydrogens (primary N) is 1. The lowest BCUT2D eigenvalue weighted by Gasteiger charge is -2.19. The Hall–Kier alpha value is -1.19. The van der Waals surface area contributed by atoms with Crippen LogP contribution in [0, 0.1) is 0 Å². The first-order valence-electron chi connectivity index (χ1n) is 4.25. The minimum atomic E-state index is -3.80. The summed E-state index contributed by atoms with van der Waals surface area (Å²) in [6.07, 6.45) is 0.237. The molecule has 2 aliphatic heterocycles. The van der Waals surface area contributed by atoms with E-state index < -0.39 is 27.7 Å². The third-order valence-electron chi connectivity index (χ3n) is 2.61. The van der Waals surface area contributed by atoms with Crippen LogP contribution in [-0.2, 0) is 15.0 Å². The van der Waals surface area contributed by atoms with Crippen LogP contribution >= 0.6 is 0 Å². The predicted octanol–water partition coefficient (Wildman–Crippen LogP) is -2.53. The van der Waals surface area contributed by atoms with Crippen molar-refractivity contribution in [2.75, 3.05) is 13.1 Å². The highest BCUT2D eigenvalue weighted by Crippen LogP contribution is 2.25. The Kier molecular flexibility index (Phi) is 2.00. The number of hydrogen-bond donors (Lipinski definition) is 3. The third kappa shape index (κ3) is 1.58. The Morgan fingerprint density at radius 1 is 1.40 bits per heavy atom. The van der Waals surface area contributed by atoms with Gasteiger partial charge in [0.25, 0.3) is 16.1 Å². The Balaban J connectivity index is 2.23. The molecule has 4 N–H and O–H groups in total. The van der Waals surface area contributed by atoms with Crippen molar-refractivity contribution in [3.05, 3.63) is 0 Å². The summed E-state index contributed by atoms with van der Waals surface area (Å²) in [6, 6.07) is -0.601. The van der Waals surface area contributed by atoms with Gasteiger partial charge in [0, 0.05) is 13.1 Å². The van der Waals surface area contributed by atoms with Crippen LogP contribution in [0.2, 0.25) is 0 Å². The molecule has 1 atom stereocenters. The molecule has 0 aliphatic carbocycles. The molecule has 0 radical (unpaired) electrons. The van der Waals surface area contributed by atoms with Crippen molar-refractivity contribution < 1.29 is 18.0 Å². The first-order valence-corrected chi connectivity index (χ1v) is 5.75. The van der Waals surface area contributed by atoms with Crippen molar-refractivity contribution in [2.24, 2.45) is 5.14 Å². The Morgan fingerprint density at radius 2 is 2.07 bits per heavy atom. The van der Waals surface area contributed by atoms with Crippen molar-refractivity contribution in [3.63, 3.8) is 0 Å². The molecule has 9 heteroatoms. The number of nitrogens with one attached hydrogen (secondary N) is 2. The second-order valence-electron chi connectivity index (χ2n) is 3.62. The molecule has 3 amide bonds. The van der Waals surface area contributed by atoms with Crippen molar-refractivity contribution in [1.29, 1.82) is 0 Å². The van der Waals surface area contributed by atoms with Crippen LogP contribution in [0.1, 0.15) is 6.42 Å². The lowest BCUT2D eigenvalue weighted by Crippen LogP contribution is -2.50. The van der Waals surface area contributed by atoms with E-state index in [9.17, 15) is 18.0 Å². The molecule has 2 fully saturated rings. The van der Waals surface area contributed by atoms with E-state index in [1.54, 1.807) is 0 Å². The molecule has 0 aromatic heterocycles. The van der Waals surface area contributed by atoms with Crippen LogP contribution in [0.25, 0.3) is 0 Å². The van der Waals surface area contributed by atoms with Gasteiger partial charge >= 0.3 is 6.03 Å². The standard InChI is InChI=1S/C6H10N4O4S/c7-15(13,14)10-2-1-6(3-10)4(11)8-5(12)9-6/h1-3H2,(H2,7,13,14)(H2,8,9,11,12). The van der Waals surface area contributed by atoms with Crippen molar-refractivity contribution in [1.82, 2.24) is 14.9 Å². The summed E-state index contributed by atoms with van der Waals surface area (Å²) < 4.78 is 23.0. The van der Waals surface area contributed by atoms with E-state index >= 15 is 0 Å². The number of imide groups is 1. The Morgan fingerprint density at radius 3 is 2.47 bits per heavy atom. The SMILES string of the molecule is NS(=O)(=O)N1CCC2(C1)NC(=O)NC2=O. The van der Waals surface area contributed by atoms with Crippen LogP contribution in [0.4, 0.5) is 4.79 Å². The average molecular weight is 234 g/mol. The van der Waals surface area contributed by atoms with Gasteiger partial charge in [-0.25, -0.2) is 9.93 Å². The van der Waals surface area contributed by atoms with Gasteiger partial charge in [-0.2, -0.15) is 12.7 Å². The highest BCUT2D eigenvalue weighted by Gasteiger charge is 2.52. The van der Waals surface area contributed by atoms with Crippen molar-refractivity contribution in [3.8, 4) is 0 Å². The van der Waals surface area contributed by atoms with Crippen molar-refractivity contribution >= 4 is 22.1 Å². The second kappa shape index (κ2) is 2.90. The number of amides is 3. The smallest absolute Gasteiger partial charge is 0.322 e. The molecule has 0 aromatic carbocycles. The fraction of sp³-hybridized carbons (Fsp3) is 0.667. The first-order chi connectivity index (χ1) is 6.83. The Bertz CT molecular complexity index is 432. The zero-order chi connectivity index (χ0) is 11.3. The number of carbonyl (C=O) groups is 2. The summed E-state index contributed by atoms with van der Waals surface area (Å²) in [4.78, 5) is 22.4. The van der Waals surface area contributed by atoms with Gasteiger partial charge in [-0.15, -0.1) is 0 Å². The molecule has 0 aromatic rings. The van der Waals surface area contributed by atoms with Gasteiger partial charge in [-0.05, 0) is 6.42 Å². The molecule has 1 spiro atoms. The van der Waals surface area contributed by atoms with Gasteiger partial charge in [0.1, 0.15) is 5.54 Å². The lowest BCUT2D eigenvalue weighted by atomic mass is 10.00. The van der Waals surface area contributed by atoms with Gasteiger partial charge in [0.05, 0.1) is 0 Å². The third-order valence-corrected chi connectivity index (χ3v) is 3.64. The number of carbonyl (C=O) groups excluding carboxylic acids is 2. The number of rotatable bonds is 1. The summed E-state index contributed by atoms with van der Waals surface area (Å²) in [7, 11) is -3.80. The maximum atomic E-state index is 11.4. The fourth-order valence-corrected chi connectivity index (χ4v) is 2.55. The predicted molar refractivity (Wildman–Crippen MR) is 48.7 cm³/mol.